The highest BCUT2D eigenvalue weighted by Gasteiger charge is 2.05. The minimum Gasteiger partial charge on any atom is -0.390 e. The quantitative estimate of drug-likeness (QED) is 0.825. The number of anilines is 1. The third-order valence-electron chi connectivity index (χ3n) is 3.10. The summed E-state index contributed by atoms with van der Waals surface area (Å²) in [6.45, 7) is 4.63. The zero-order valence-corrected chi connectivity index (χ0v) is 12.0. The number of nitrogens with zero attached hydrogens (tertiary/aromatic N) is 1. The van der Waals surface area contributed by atoms with E-state index in [-0.39, 0.29) is 5.88 Å². The molecule has 0 saturated carbocycles. The van der Waals surface area contributed by atoms with E-state index in [1.54, 1.807) is 0 Å². The summed E-state index contributed by atoms with van der Waals surface area (Å²) < 4.78 is 2.20. The fraction of sp³-hybridized carbons (Fsp3) is 0.333. The number of alkyl halides is 1. The van der Waals surface area contributed by atoms with E-state index < -0.39 is 6.10 Å². The molecule has 0 aliphatic carbocycles. The Balaban J connectivity index is 2.20. The van der Waals surface area contributed by atoms with Crippen molar-refractivity contribution in [1.82, 2.24) is 4.57 Å². The Hall–Kier alpha value is -1.45. The van der Waals surface area contributed by atoms with Crippen LogP contribution in [0.4, 0.5) is 5.69 Å². The second kappa shape index (κ2) is 6.13. The highest BCUT2D eigenvalue weighted by Crippen LogP contribution is 2.19. The van der Waals surface area contributed by atoms with Gasteiger partial charge in [-0.05, 0) is 44.2 Å². The maximum atomic E-state index is 9.46. The fourth-order valence-electron chi connectivity index (χ4n) is 2.12. The van der Waals surface area contributed by atoms with E-state index in [0.29, 0.717) is 6.54 Å². The van der Waals surface area contributed by atoms with E-state index in [4.69, 9.17) is 11.6 Å². The summed E-state index contributed by atoms with van der Waals surface area (Å²) in [6, 6.07) is 12.3. The largest absolute Gasteiger partial charge is 0.390 e. The number of nitrogens with one attached hydrogen (secondary N) is 1. The molecule has 3 nitrogen and oxygen atoms in total. The number of hydrogen-bond donors (Lipinski definition) is 2. The van der Waals surface area contributed by atoms with Crippen molar-refractivity contribution in [2.24, 2.45) is 0 Å². The van der Waals surface area contributed by atoms with E-state index in [1.807, 2.05) is 12.1 Å². The number of aliphatic hydroxyl groups is 1. The third kappa shape index (κ3) is 3.31. The lowest BCUT2D eigenvalue weighted by Crippen LogP contribution is -2.20. The van der Waals surface area contributed by atoms with Gasteiger partial charge in [0.15, 0.2) is 0 Å². The predicted molar refractivity (Wildman–Crippen MR) is 80.5 cm³/mol. The van der Waals surface area contributed by atoms with E-state index in [1.165, 1.54) is 11.4 Å². The number of hydrogen-bond acceptors (Lipinski definition) is 2. The molecule has 0 spiro atoms. The minimum absolute atomic E-state index is 0.239. The van der Waals surface area contributed by atoms with Gasteiger partial charge < -0.3 is 15.0 Å². The van der Waals surface area contributed by atoms with E-state index in [2.05, 4.69) is 48.0 Å². The van der Waals surface area contributed by atoms with Crippen molar-refractivity contribution in [2.45, 2.75) is 20.0 Å². The van der Waals surface area contributed by atoms with Crippen LogP contribution in [0.25, 0.3) is 5.69 Å². The predicted octanol–water partition coefficient (Wildman–Crippen LogP) is 3.11. The second-order valence-corrected chi connectivity index (χ2v) is 5.00. The van der Waals surface area contributed by atoms with Crippen LogP contribution in [0, 0.1) is 13.8 Å². The monoisotopic (exact) mass is 278 g/mol. The Kier molecular flexibility index (Phi) is 4.51. The van der Waals surface area contributed by atoms with Crippen LogP contribution in [0.3, 0.4) is 0 Å². The number of rotatable bonds is 5. The summed E-state index contributed by atoms with van der Waals surface area (Å²) in [5.41, 5.74) is 4.51. The van der Waals surface area contributed by atoms with Gasteiger partial charge in [0, 0.05) is 29.3 Å². The van der Waals surface area contributed by atoms with Gasteiger partial charge >= 0.3 is 0 Å². The van der Waals surface area contributed by atoms with Crippen molar-refractivity contribution in [1.29, 1.82) is 0 Å². The molecule has 19 heavy (non-hydrogen) atoms. The first-order valence-corrected chi connectivity index (χ1v) is 6.88. The van der Waals surface area contributed by atoms with Crippen LogP contribution in [0.2, 0.25) is 0 Å². The molecule has 0 bridgehead atoms. The van der Waals surface area contributed by atoms with E-state index in [0.717, 1.165) is 11.4 Å². The van der Waals surface area contributed by atoms with Crippen molar-refractivity contribution in [2.75, 3.05) is 17.7 Å². The summed E-state index contributed by atoms with van der Waals surface area (Å²) in [5, 5.41) is 12.6. The molecule has 102 valence electrons. The van der Waals surface area contributed by atoms with Crippen molar-refractivity contribution < 1.29 is 5.11 Å². The molecule has 0 fully saturated rings. The SMILES string of the molecule is Cc1ccc(C)n1-c1cccc(NCC(O)CCl)c1. The topological polar surface area (TPSA) is 37.2 Å². The van der Waals surface area contributed by atoms with Gasteiger partial charge in [0.05, 0.1) is 12.0 Å². The van der Waals surface area contributed by atoms with Gasteiger partial charge in [0.2, 0.25) is 0 Å². The van der Waals surface area contributed by atoms with Crippen LogP contribution in [0.1, 0.15) is 11.4 Å². The van der Waals surface area contributed by atoms with Crippen LogP contribution in [-0.4, -0.2) is 28.2 Å². The lowest BCUT2D eigenvalue weighted by molar-refractivity contribution is 0.211. The zero-order valence-electron chi connectivity index (χ0n) is 11.2. The van der Waals surface area contributed by atoms with Gasteiger partial charge in [-0.1, -0.05) is 6.07 Å². The Labute approximate surface area is 118 Å². The maximum absolute atomic E-state index is 9.46. The third-order valence-corrected chi connectivity index (χ3v) is 3.45. The molecule has 2 aromatic rings. The molecule has 1 aromatic heterocycles. The number of benzene rings is 1. The molecule has 1 unspecified atom stereocenters. The van der Waals surface area contributed by atoms with Gasteiger partial charge in [-0.3, -0.25) is 0 Å². The van der Waals surface area contributed by atoms with Crippen LogP contribution in [-0.2, 0) is 0 Å². The number of aromatic nitrogens is 1. The average Bonchev–Trinajstić information content (AvgIpc) is 2.75. The van der Waals surface area contributed by atoms with Crippen molar-refractivity contribution in [3.05, 3.63) is 47.8 Å². The Morgan fingerprint density at radius 3 is 2.53 bits per heavy atom. The van der Waals surface area contributed by atoms with Gasteiger partial charge in [-0.2, -0.15) is 0 Å². The van der Waals surface area contributed by atoms with Crippen molar-refractivity contribution in [3.8, 4) is 5.69 Å². The Morgan fingerprint density at radius 1 is 1.21 bits per heavy atom. The number of aryl methyl sites for hydroxylation is 2. The smallest absolute Gasteiger partial charge is 0.0847 e. The molecule has 0 radical (unpaired) electrons. The number of aliphatic hydroxyl groups excluding tert-OH is 1. The summed E-state index contributed by atoms with van der Waals surface area (Å²) in [7, 11) is 0. The molecule has 1 heterocycles. The molecule has 0 aliphatic rings. The van der Waals surface area contributed by atoms with Crippen LogP contribution in [0.15, 0.2) is 36.4 Å². The molecule has 1 aromatic carbocycles. The highest BCUT2D eigenvalue weighted by molar-refractivity contribution is 6.18. The van der Waals surface area contributed by atoms with Crippen LogP contribution in [0.5, 0.6) is 0 Å². The molecule has 0 aliphatic heterocycles. The van der Waals surface area contributed by atoms with Gasteiger partial charge in [0.1, 0.15) is 0 Å². The summed E-state index contributed by atoms with van der Waals surface area (Å²) in [6.07, 6.45) is -0.527. The Bertz CT molecular complexity index is 531. The fourth-order valence-corrected chi connectivity index (χ4v) is 2.23. The molecule has 1 atom stereocenters. The van der Waals surface area contributed by atoms with Crippen LogP contribution < -0.4 is 5.32 Å². The number of halogens is 1. The average molecular weight is 279 g/mol. The van der Waals surface area contributed by atoms with Gasteiger partial charge in [-0.15, -0.1) is 11.6 Å². The normalized spacial score (nSPS) is 12.4. The van der Waals surface area contributed by atoms with Crippen molar-refractivity contribution >= 4 is 17.3 Å². The lowest BCUT2D eigenvalue weighted by Gasteiger charge is -2.13. The molecule has 4 heteroatoms. The summed E-state index contributed by atoms with van der Waals surface area (Å²) in [4.78, 5) is 0. The van der Waals surface area contributed by atoms with E-state index >= 15 is 0 Å². The van der Waals surface area contributed by atoms with Gasteiger partial charge in [0.25, 0.3) is 0 Å². The zero-order chi connectivity index (χ0) is 13.8. The highest BCUT2D eigenvalue weighted by atomic mass is 35.5. The van der Waals surface area contributed by atoms with Gasteiger partial charge in [-0.25, -0.2) is 0 Å². The van der Waals surface area contributed by atoms with E-state index in [9.17, 15) is 5.11 Å². The molecule has 0 amide bonds. The lowest BCUT2D eigenvalue weighted by atomic mass is 10.2. The van der Waals surface area contributed by atoms with Crippen LogP contribution >= 0.6 is 11.6 Å². The molecule has 2 rings (SSSR count). The van der Waals surface area contributed by atoms with Crippen molar-refractivity contribution in [3.63, 3.8) is 0 Å². The minimum atomic E-state index is -0.527. The molecular formula is C15H19ClN2O. The first kappa shape index (κ1) is 14.0. The Morgan fingerprint density at radius 2 is 1.89 bits per heavy atom. The summed E-state index contributed by atoms with van der Waals surface area (Å²) >= 11 is 5.58. The molecule has 0 saturated heterocycles. The first-order valence-electron chi connectivity index (χ1n) is 6.35. The standard InChI is InChI=1S/C15H19ClN2O/c1-11-6-7-12(2)18(11)14-5-3-4-13(8-14)17-10-15(19)9-16/h3-8,15,17,19H,9-10H2,1-2H3. The first-order chi connectivity index (χ1) is 9.11. The molecule has 2 N–H and O–H groups in total. The summed E-state index contributed by atoms with van der Waals surface area (Å²) in [5.74, 6) is 0.239. The molecular weight excluding hydrogens is 260 g/mol. The maximum Gasteiger partial charge on any atom is 0.0847 e. The second-order valence-electron chi connectivity index (χ2n) is 4.69.